The predicted octanol–water partition coefficient (Wildman–Crippen LogP) is 2.11. The van der Waals surface area contributed by atoms with E-state index in [-0.39, 0.29) is 11.2 Å². The number of nitrogens with two attached hydrogens (primary N) is 1. The monoisotopic (exact) mass is 273 g/mol. The number of rotatable bonds is 3. The molecular weight excluding hydrogens is 261 g/mol. The first-order valence-electron chi connectivity index (χ1n) is 4.87. The lowest BCUT2D eigenvalue weighted by atomic mass is 9.80. The van der Waals surface area contributed by atoms with Crippen molar-refractivity contribution in [2.24, 2.45) is 11.1 Å². The van der Waals surface area contributed by atoms with Crippen molar-refractivity contribution in [1.29, 1.82) is 0 Å². The van der Waals surface area contributed by atoms with Gasteiger partial charge in [-0.25, -0.2) is 4.39 Å². The Kier molecular flexibility index (Phi) is 3.09. The molecule has 2 N–H and O–H groups in total. The summed E-state index contributed by atoms with van der Waals surface area (Å²) in [5.74, 6) is -0.169. The summed E-state index contributed by atoms with van der Waals surface area (Å²) >= 11 is 3.34. The summed E-state index contributed by atoms with van der Waals surface area (Å²) in [7, 11) is 0. The zero-order valence-corrected chi connectivity index (χ0v) is 9.89. The van der Waals surface area contributed by atoms with Crippen molar-refractivity contribution in [1.82, 2.24) is 0 Å². The Labute approximate surface area is 96.7 Å². The van der Waals surface area contributed by atoms with Crippen LogP contribution in [0, 0.1) is 11.2 Å². The minimum absolute atomic E-state index is 0.0539. The lowest BCUT2D eigenvalue weighted by Crippen LogP contribution is -2.49. The Balaban J connectivity index is 2.19. The van der Waals surface area contributed by atoms with Crippen LogP contribution in [0.5, 0.6) is 0 Å². The van der Waals surface area contributed by atoms with Crippen LogP contribution >= 0.6 is 15.9 Å². The van der Waals surface area contributed by atoms with E-state index < -0.39 is 0 Å². The van der Waals surface area contributed by atoms with Gasteiger partial charge in [-0.2, -0.15) is 0 Å². The molecule has 15 heavy (non-hydrogen) atoms. The summed E-state index contributed by atoms with van der Waals surface area (Å²) in [6.45, 7) is 1.81. The molecule has 0 radical (unpaired) electrons. The molecule has 2 nitrogen and oxygen atoms in total. The molecule has 0 aromatic heterocycles. The maximum absolute atomic E-state index is 13.5. The first-order valence-corrected chi connectivity index (χ1v) is 5.66. The van der Waals surface area contributed by atoms with Gasteiger partial charge in [-0.05, 0) is 30.2 Å². The average Bonchev–Trinajstić information content (AvgIpc) is 2.17. The third-order valence-electron chi connectivity index (χ3n) is 2.82. The Bertz CT molecular complexity index is 360. The van der Waals surface area contributed by atoms with Gasteiger partial charge in [-0.3, -0.25) is 0 Å². The summed E-state index contributed by atoms with van der Waals surface area (Å²) in [6, 6.07) is 4.99. The van der Waals surface area contributed by atoms with Gasteiger partial charge in [0.25, 0.3) is 0 Å². The highest BCUT2D eigenvalue weighted by atomic mass is 79.9. The van der Waals surface area contributed by atoms with E-state index in [1.54, 1.807) is 6.07 Å². The molecule has 1 aliphatic heterocycles. The van der Waals surface area contributed by atoms with Crippen molar-refractivity contribution in [3.63, 3.8) is 0 Å². The molecule has 0 amide bonds. The molecule has 1 aromatic rings. The van der Waals surface area contributed by atoms with E-state index in [0.717, 1.165) is 4.47 Å². The number of ether oxygens (including phenoxy) is 1. The fourth-order valence-electron chi connectivity index (χ4n) is 1.77. The Hall–Kier alpha value is -0.450. The number of benzene rings is 1. The molecule has 1 aliphatic rings. The van der Waals surface area contributed by atoms with E-state index in [4.69, 9.17) is 10.5 Å². The normalized spacial score (nSPS) is 18.6. The van der Waals surface area contributed by atoms with Gasteiger partial charge in [0.05, 0.1) is 13.2 Å². The smallest absolute Gasteiger partial charge is 0.126 e. The van der Waals surface area contributed by atoms with Crippen LogP contribution in [0.2, 0.25) is 0 Å². The van der Waals surface area contributed by atoms with E-state index in [1.165, 1.54) is 6.07 Å². The van der Waals surface area contributed by atoms with Crippen LogP contribution in [0.15, 0.2) is 22.7 Å². The second-order valence-corrected chi connectivity index (χ2v) is 5.03. The summed E-state index contributed by atoms with van der Waals surface area (Å²) in [6.07, 6.45) is 0.648. The van der Waals surface area contributed by atoms with Gasteiger partial charge in [-0.15, -0.1) is 0 Å². The average molecular weight is 274 g/mol. The van der Waals surface area contributed by atoms with Crippen LogP contribution in [0.3, 0.4) is 0 Å². The Morgan fingerprint density at radius 1 is 1.47 bits per heavy atom. The number of hydrogen-bond acceptors (Lipinski definition) is 2. The second kappa shape index (κ2) is 4.20. The molecule has 2 rings (SSSR count). The molecule has 0 spiro atoms. The van der Waals surface area contributed by atoms with E-state index in [0.29, 0.717) is 31.7 Å². The summed E-state index contributed by atoms with van der Waals surface area (Å²) in [4.78, 5) is 0. The zero-order valence-electron chi connectivity index (χ0n) is 8.30. The van der Waals surface area contributed by atoms with Crippen LogP contribution in [-0.2, 0) is 11.2 Å². The van der Waals surface area contributed by atoms with Gasteiger partial charge in [0, 0.05) is 16.4 Å². The predicted molar refractivity (Wildman–Crippen MR) is 60.1 cm³/mol. The zero-order chi connectivity index (χ0) is 10.9. The fraction of sp³-hybridized carbons (Fsp3) is 0.455. The van der Waals surface area contributed by atoms with E-state index in [1.807, 2.05) is 6.07 Å². The van der Waals surface area contributed by atoms with E-state index in [9.17, 15) is 4.39 Å². The molecule has 1 heterocycles. The molecule has 0 atom stereocenters. The molecule has 1 saturated heterocycles. The molecule has 82 valence electrons. The van der Waals surface area contributed by atoms with Crippen LogP contribution < -0.4 is 5.73 Å². The van der Waals surface area contributed by atoms with Crippen molar-refractivity contribution in [3.8, 4) is 0 Å². The minimum Gasteiger partial charge on any atom is -0.380 e. The summed E-state index contributed by atoms with van der Waals surface area (Å²) < 4.78 is 19.5. The van der Waals surface area contributed by atoms with Gasteiger partial charge in [-0.1, -0.05) is 15.9 Å². The molecular formula is C11H13BrFNO. The number of hydrogen-bond donors (Lipinski definition) is 1. The first-order chi connectivity index (χ1) is 7.15. The molecule has 0 unspecified atom stereocenters. The lowest BCUT2D eigenvalue weighted by Gasteiger charge is -2.40. The SMILES string of the molecule is NCC1(Cc2cc(Br)ccc2F)COC1. The molecule has 1 fully saturated rings. The highest BCUT2D eigenvalue weighted by Gasteiger charge is 2.37. The largest absolute Gasteiger partial charge is 0.380 e. The van der Waals surface area contributed by atoms with Gasteiger partial charge in [0.1, 0.15) is 5.82 Å². The molecule has 0 aliphatic carbocycles. The first kappa shape index (κ1) is 11.0. The van der Waals surface area contributed by atoms with Crippen LogP contribution in [0.1, 0.15) is 5.56 Å². The number of halogens is 2. The van der Waals surface area contributed by atoms with Crippen molar-refractivity contribution >= 4 is 15.9 Å². The Morgan fingerprint density at radius 2 is 2.20 bits per heavy atom. The topological polar surface area (TPSA) is 35.2 Å². The third-order valence-corrected chi connectivity index (χ3v) is 3.32. The van der Waals surface area contributed by atoms with Gasteiger partial charge < -0.3 is 10.5 Å². The quantitative estimate of drug-likeness (QED) is 0.916. The van der Waals surface area contributed by atoms with E-state index in [2.05, 4.69) is 15.9 Å². The van der Waals surface area contributed by atoms with Crippen LogP contribution in [0.4, 0.5) is 4.39 Å². The standard InChI is InChI=1S/C11H13BrFNO/c12-9-1-2-10(13)8(3-9)4-11(5-14)6-15-7-11/h1-3H,4-7,14H2. The van der Waals surface area contributed by atoms with Gasteiger partial charge in [0.2, 0.25) is 0 Å². The van der Waals surface area contributed by atoms with Gasteiger partial charge in [0.15, 0.2) is 0 Å². The van der Waals surface area contributed by atoms with E-state index >= 15 is 0 Å². The lowest BCUT2D eigenvalue weighted by molar-refractivity contribution is -0.106. The molecule has 4 heteroatoms. The maximum atomic E-state index is 13.5. The van der Waals surface area contributed by atoms with Crippen molar-refractivity contribution in [3.05, 3.63) is 34.1 Å². The highest BCUT2D eigenvalue weighted by Crippen LogP contribution is 2.32. The van der Waals surface area contributed by atoms with Crippen LogP contribution in [0.25, 0.3) is 0 Å². The molecule has 0 saturated carbocycles. The summed E-state index contributed by atoms with van der Waals surface area (Å²) in [5.41, 5.74) is 6.34. The molecule has 0 bridgehead atoms. The molecule has 1 aromatic carbocycles. The van der Waals surface area contributed by atoms with Gasteiger partial charge >= 0.3 is 0 Å². The van der Waals surface area contributed by atoms with Crippen molar-refractivity contribution < 1.29 is 9.13 Å². The fourth-order valence-corrected chi connectivity index (χ4v) is 2.17. The highest BCUT2D eigenvalue weighted by molar-refractivity contribution is 9.10. The van der Waals surface area contributed by atoms with Crippen molar-refractivity contribution in [2.75, 3.05) is 19.8 Å². The minimum atomic E-state index is -0.169. The Morgan fingerprint density at radius 3 is 2.73 bits per heavy atom. The van der Waals surface area contributed by atoms with Crippen molar-refractivity contribution in [2.45, 2.75) is 6.42 Å². The summed E-state index contributed by atoms with van der Waals surface area (Å²) in [5, 5.41) is 0. The second-order valence-electron chi connectivity index (χ2n) is 4.11. The van der Waals surface area contributed by atoms with Crippen LogP contribution in [-0.4, -0.2) is 19.8 Å². The third kappa shape index (κ3) is 2.22. The maximum Gasteiger partial charge on any atom is 0.126 e.